The lowest BCUT2D eigenvalue weighted by Gasteiger charge is -2.24. The van der Waals surface area contributed by atoms with E-state index in [2.05, 4.69) is 196 Å². The molecule has 1 N–H and O–H groups in total. The molecule has 10 rings (SSSR count). The fourth-order valence-electron chi connectivity index (χ4n) is 9.21. The molecule has 0 bridgehead atoms. The van der Waals surface area contributed by atoms with Gasteiger partial charge < -0.3 is 0 Å². The molecule has 0 unspecified atom stereocenters. The van der Waals surface area contributed by atoms with E-state index in [0.29, 0.717) is 0 Å². The lowest BCUT2D eigenvalue weighted by Crippen LogP contribution is -2.16. The molecular weight excluding hydrogens is 737 g/mol. The topological polar surface area (TPSA) is 36.2 Å². The third-order valence-corrected chi connectivity index (χ3v) is 12.2. The number of rotatable bonds is 8. The summed E-state index contributed by atoms with van der Waals surface area (Å²) in [6.45, 7) is 4.70. The van der Waals surface area contributed by atoms with E-state index >= 15 is 0 Å². The Morgan fingerprint density at radius 3 is 1.74 bits per heavy atom. The molecule has 290 valence electrons. The first-order valence-electron chi connectivity index (χ1n) is 21.0. The highest BCUT2D eigenvalue weighted by atomic mass is 14.8. The summed E-state index contributed by atoms with van der Waals surface area (Å²) >= 11 is 0. The average Bonchev–Trinajstić information content (AvgIpc) is 3.56. The van der Waals surface area contributed by atoms with Crippen molar-refractivity contribution >= 4 is 28.4 Å². The van der Waals surface area contributed by atoms with Gasteiger partial charge in [0.05, 0.1) is 5.71 Å². The molecule has 9 aromatic carbocycles. The van der Waals surface area contributed by atoms with Crippen molar-refractivity contribution in [3.05, 3.63) is 246 Å². The number of benzene rings is 9. The second kappa shape index (κ2) is 15.8. The summed E-state index contributed by atoms with van der Waals surface area (Å²) in [5.41, 5.74) is 18.2. The highest BCUT2D eigenvalue weighted by Crippen LogP contribution is 2.52. The summed E-state index contributed by atoms with van der Waals surface area (Å²) in [6, 6.07) is 75.0. The summed E-state index contributed by atoms with van der Waals surface area (Å²) < 4.78 is 0. The number of amidine groups is 1. The smallest absolute Gasteiger partial charge is 0.152 e. The van der Waals surface area contributed by atoms with Crippen LogP contribution >= 0.6 is 0 Å². The molecule has 0 saturated carbocycles. The molecule has 0 saturated heterocycles. The van der Waals surface area contributed by atoms with Crippen LogP contribution in [0.2, 0.25) is 0 Å². The van der Waals surface area contributed by atoms with Crippen LogP contribution in [0.5, 0.6) is 0 Å². The Morgan fingerprint density at radius 2 is 1.00 bits per heavy atom. The monoisotopic (exact) mass is 780 g/mol. The zero-order valence-electron chi connectivity index (χ0n) is 34.3. The summed E-state index contributed by atoms with van der Waals surface area (Å²) in [7, 11) is 0. The molecule has 9 aromatic rings. The van der Waals surface area contributed by atoms with Gasteiger partial charge in [-0.2, -0.15) is 0 Å². The maximum Gasteiger partial charge on any atom is 0.152 e. The van der Waals surface area contributed by atoms with E-state index in [9.17, 15) is 0 Å². The minimum Gasteiger partial charge on any atom is -0.282 e. The first kappa shape index (κ1) is 37.6. The van der Waals surface area contributed by atoms with E-state index in [1.165, 1.54) is 49.9 Å². The second-order valence-electron chi connectivity index (χ2n) is 16.3. The Morgan fingerprint density at radius 1 is 0.443 bits per heavy atom. The van der Waals surface area contributed by atoms with E-state index in [-0.39, 0.29) is 11.3 Å². The minimum atomic E-state index is -0.0815. The van der Waals surface area contributed by atoms with E-state index in [0.717, 1.165) is 50.0 Å². The van der Waals surface area contributed by atoms with Gasteiger partial charge >= 0.3 is 0 Å². The third kappa shape index (κ3) is 7.03. The Hall–Kier alpha value is -7.68. The highest BCUT2D eigenvalue weighted by molar-refractivity contribution is 6.20. The predicted octanol–water partition coefficient (Wildman–Crippen LogP) is 15.3. The first-order valence-corrected chi connectivity index (χ1v) is 21.0. The van der Waals surface area contributed by atoms with Gasteiger partial charge in [-0.05, 0) is 95.2 Å². The zero-order chi connectivity index (χ0) is 41.3. The van der Waals surface area contributed by atoms with Crippen molar-refractivity contribution < 1.29 is 0 Å². The summed E-state index contributed by atoms with van der Waals surface area (Å²) in [6.07, 6.45) is 4.23. The van der Waals surface area contributed by atoms with Gasteiger partial charge in [-0.15, -0.1) is 0 Å². The van der Waals surface area contributed by atoms with Gasteiger partial charge in [0.25, 0.3) is 0 Å². The van der Waals surface area contributed by atoms with Crippen LogP contribution in [0.1, 0.15) is 41.7 Å². The van der Waals surface area contributed by atoms with Crippen LogP contribution in [-0.2, 0) is 5.41 Å². The molecule has 2 heteroatoms. The van der Waals surface area contributed by atoms with Crippen LogP contribution in [-0.4, -0.2) is 11.5 Å². The molecule has 0 aliphatic heterocycles. The van der Waals surface area contributed by atoms with Gasteiger partial charge in [-0.25, -0.2) is 4.99 Å². The molecule has 0 spiro atoms. The van der Waals surface area contributed by atoms with Crippen LogP contribution < -0.4 is 0 Å². The van der Waals surface area contributed by atoms with Crippen molar-refractivity contribution in [3.63, 3.8) is 0 Å². The first-order chi connectivity index (χ1) is 29.9. The molecule has 61 heavy (non-hydrogen) atoms. The molecular formula is C59H44N2. The van der Waals surface area contributed by atoms with Crippen molar-refractivity contribution in [2.75, 3.05) is 0 Å². The number of fused-ring (bicyclic) bond motifs is 4. The van der Waals surface area contributed by atoms with Gasteiger partial charge in [-0.1, -0.05) is 226 Å². The number of hydrogen-bond acceptors (Lipinski definition) is 1. The largest absolute Gasteiger partial charge is 0.282 e. The predicted molar refractivity (Wildman–Crippen MR) is 259 cm³/mol. The van der Waals surface area contributed by atoms with Gasteiger partial charge in [-0.3, -0.25) is 5.41 Å². The van der Waals surface area contributed by atoms with Crippen molar-refractivity contribution in [1.82, 2.24) is 0 Å². The molecule has 0 fully saturated rings. The van der Waals surface area contributed by atoms with E-state index in [1.54, 1.807) is 0 Å². The number of nitrogens with zero attached hydrogens (tertiary/aromatic N) is 1. The normalized spacial score (nSPS) is 13.0. The van der Waals surface area contributed by atoms with Crippen LogP contribution in [0.25, 0.3) is 72.5 Å². The maximum atomic E-state index is 9.13. The maximum absolute atomic E-state index is 9.13. The number of nitrogens with one attached hydrogen (secondary N) is 1. The second-order valence-corrected chi connectivity index (χ2v) is 16.3. The SMILES string of the molecule is CC1(C)c2ccccc2-c2cccc(-c3ccc(-c4ccc(/C=C/C(=NC(=N)c5ccccc5)c5ccc(-c6ccccc6)cc5-c5ccccc5)c5ccccc45)cc3)c21. The fraction of sp³-hybridized carbons (Fsp3) is 0.0508. The average molecular weight is 781 g/mol. The number of allylic oxidation sites excluding steroid dienone is 1. The van der Waals surface area contributed by atoms with Crippen molar-refractivity contribution in [2.45, 2.75) is 19.3 Å². The third-order valence-electron chi connectivity index (χ3n) is 12.2. The summed E-state index contributed by atoms with van der Waals surface area (Å²) in [4.78, 5) is 5.05. The van der Waals surface area contributed by atoms with E-state index in [1.807, 2.05) is 42.5 Å². The minimum absolute atomic E-state index is 0.0815. The molecule has 0 aromatic heterocycles. The Balaban J connectivity index is 1.04. The zero-order valence-corrected chi connectivity index (χ0v) is 34.3. The Kier molecular flexibility index (Phi) is 9.75. The van der Waals surface area contributed by atoms with Gasteiger partial charge in [0.15, 0.2) is 5.84 Å². The lowest BCUT2D eigenvalue weighted by molar-refractivity contribution is 0.662. The number of hydrogen-bond donors (Lipinski definition) is 1. The highest BCUT2D eigenvalue weighted by Gasteiger charge is 2.37. The quantitative estimate of drug-likeness (QED) is 0.118. The van der Waals surface area contributed by atoms with E-state index in [4.69, 9.17) is 10.4 Å². The van der Waals surface area contributed by atoms with Crippen LogP contribution in [0, 0.1) is 5.41 Å². The summed E-state index contributed by atoms with van der Waals surface area (Å²) in [5, 5.41) is 11.5. The Labute approximate surface area is 358 Å². The van der Waals surface area contributed by atoms with Crippen molar-refractivity contribution in [1.29, 1.82) is 5.41 Å². The fourth-order valence-corrected chi connectivity index (χ4v) is 9.21. The van der Waals surface area contributed by atoms with E-state index < -0.39 is 0 Å². The van der Waals surface area contributed by atoms with Crippen molar-refractivity contribution in [2.24, 2.45) is 4.99 Å². The van der Waals surface area contributed by atoms with Crippen LogP contribution in [0.4, 0.5) is 0 Å². The van der Waals surface area contributed by atoms with Gasteiger partial charge in [0.1, 0.15) is 0 Å². The Bertz CT molecular complexity index is 3140. The molecule has 0 atom stereocenters. The lowest BCUT2D eigenvalue weighted by atomic mass is 9.79. The molecule has 1 aliphatic carbocycles. The standard InChI is InChI=1S/C59H44N2/c1-59(2)55-28-15-14-25-51(55)53-27-16-26-49(57(53)59)44-31-29-42(30-32-44)48-36-33-43(47-23-12-13-24-50(47)48)35-38-56(61-58(60)45-21-10-5-11-22-45)52-37-34-46(40-17-6-3-7-18-40)39-54(52)41-19-8-4-9-20-41/h3-39,60H,1-2H3/b38-35+,60-58?,61-56?. The van der Waals surface area contributed by atoms with Crippen molar-refractivity contribution in [3.8, 4) is 55.6 Å². The molecule has 0 heterocycles. The molecule has 0 amide bonds. The van der Waals surface area contributed by atoms with Crippen LogP contribution in [0.3, 0.4) is 0 Å². The summed E-state index contributed by atoms with van der Waals surface area (Å²) in [5.74, 6) is 0.212. The number of aliphatic imine (C=N–C) groups is 1. The molecule has 2 nitrogen and oxygen atoms in total. The van der Waals surface area contributed by atoms with Gasteiger partial charge in [0, 0.05) is 16.5 Å². The van der Waals surface area contributed by atoms with Crippen LogP contribution in [0.15, 0.2) is 223 Å². The molecule has 0 radical (unpaired) electrons. The molecule has 1 aliphatic rings. The van der Waals surface area contributed by atoms with Gasteiger partial charge in [0.2, 0.25) is 0 Å².